The summed E-state index contributed by atoms with van der Waals surface area (Å²) in [6, 6.07) is 0. The highest BCUT2D eigenvalue weighted by Gasteiger charge is 2.41. The third kappa shape index (κ3) is 1.61. The van der Waals surface area contributed by atoms with E-state index in [1.165, 1.54) is 19.3 Å². The van der Waals surface area contributed by atoms with Gasteiger partial charge in [0.05, 0.1) is 18.1 Å². The van der Waals surface area contributed by atoms with Gasteiger partial charge >= 0.3 is 0 Å². The van der Waals surface area contributed by atoms with E-state index in [0.29, 0.717) is 13.2 Å². The molecule has 3 heteroatoms. The first kappa shape index (κ1) is 8.79. The zero-order chi connectivity index (χ0) is 8.44. The van der Waals surface area contributed by atoms with Crippen molar-refractivity contribution in [3.63, 3.8) is 0 Å². The molecule has 1 saturated carbocycles. The van der Waals surface area contributed by atoms with Gasteiger partial charge in [-0.15, -0.1) is 11.6 Å². The number of hydrogen-bond acceptors (Lipinski definition) is 2. The minimum atomic E-state index is -0.214. The highest BCUT2D eigenvalue weighted by Crippen LogP contribution is 2.39. The molecule has 0 aromatic rings. The molecule has 12 heavy (non-hydrogen) atoms. The van der Waals surface area contributed by atoms with Crippen molar-refractivity contribution in [2.24, 2.45) is 0 Å². The van der Waals surface area contributed by atoms with Crippen LogP contribution in [-0.4, -0.2) is 24.4 Å². The van der Waals surface area contributed by atoms with Crippen LogP contribution in [0, 0.1) is 0 Å². The summed E-state index contributed by atoms with van der Waals surface area (Å²) < 4.78 is 10.9. The molecule has 0 N–H and O–H groups in total. The average molecular weight is 191 g/mol. The van der Waals surface area contributed by atoms with Crippen LogP contribution in [0.5, 0.6) is 0 Å². The van der Waals surface area contributed by atoms with Crippen LogP contribution in [0.2, 0.25) is 0 Å². The molecule has 70 valence electrons. The van der Waals surface area contributed by atoms with Gasteiger partial charge in [0.1, 0.15) is 0 Å². The van der Waals surface area contributed by atoms with E-state index in [1.807, 2.05) is 0 Å². The zero-order valence-electron chi connectivity index (χ0n) is 7.22. The lowest BCUT2D eigenvalue weighted by Gasteiger charge is -2.34. The molecule has 2 nitrogen and oxygen atoms in total. The summed E-state index contributed by atoms with van der Waals surface area (Å²) in [5.74, 6) is 0. The molecule has 0 bridgehead atoms. The third-order valence-electron chi connectivity index (χ3n) is 2.73. The predicted molar refractivity (Wildman–Crippen MR) is 47.4 cm³/mol. The number of hydrogen-bond donors (Lipinski definition) is 0. The van der Waals surface area contributed by atoms with Crippen LogP contribution < -0.4 is 0 Å². The van der Waals surface area contributed by atoms with Crippen molar-refractivity contribution < 1.29 is 9.47 Å². The van der Waals surface area contributed by atoms with Crippen LogP contribution in [0.4, 0.5) is 0 Å². The molecular formula is C9H15ClO2. The lowest BCUT2D eigenvalue weighted by Crippen LogP contribution is -2.39. The van der Waals surface area contributed by atoms with Gasteiger partial charge in [0, 0.05) is 0 Å². The van der Waals surface area contributed by atoms with Crippen molar-refractivity contribution in [3.8, 4) is 0 Å². The Morgan fingerprint density at radius 2 is 1.58 bits per heavy atom. The van der Waals surface area contributed by atoms with Gasteiger partial charge in [-0.1, -0.05) is 19.3 Å². The maximum Gasteiger partial charge on any atom is 0.176 e. The number of ether oxygens (including phenoxy) is 2. The largest absolute Gasteiger partial charge is 0.348 e. The summed E-state index contributed by atoms with van der Waals surface area (Å²) in [6.45, 7) is 1.41. The molecule has 1 aliphatic heterocycles. The second-order valence-corrected chi connectivity index (χ2v) is 4.42. The fourth-order valence-corrected chi connectivity index (χ4v) is 2.43. The van der Waals surface area contributed by atoms with E-state index in [2.05, 4.69) is 0 Å². The lowest BCUT2D eigenvalue weighted by atomic mass is 9.88. The van der Waals surface area contributed by atoms with Crippen molar-refractivity contribution in [2.45, 2.75) is 43.3 Å². The fraction of sp³-hybridized carbons (Fsp3) is 1.00. The van der Waals surface area contributed by atoms with E-state index in [-0.39, 0.29) is 11.2 Å². The first-order chi connectivity index (χ1) is 5.81. The lowest BCUT2D eigenvalue weighted by molar-refractivity contribution is -0.0801. The maximum atomic E-state index is 6.43. The van der Waals surface area contributed by atoms with Crippen molar-refractivity contribution in [1.29, 1.82) is 0 Å². The molecule has 1 saturated heterocycles. The smallest absolute Gasteiger partial charge is 0.176 e. The van der Waals surface area contributed by atoms with Crippen molar-refractivity contribution in [2.75, 3.05) is 13.2 Å². The highest BCUT2D eigenvalue weighted by atomic mass is 35.5. The first-order valence-electron chi connectivity index (χ1n) is 4.73. The normalized spacial score (nSPS) is 30.8. The molecular weight excluding hydrogens is 176 g/mol. The summed E-state index contributed by atoms with van der Waals surface area (Å²) in [6.07, 6.45) is 5.68. The minimum Gasteiger partial charge on any atom is -0.348 e. The predicted octanol–water partition coefficient (Wildman–Crippen LogP) is 2.30. The van der Waals surface area contributed by atoms with Crippen LogP contribution in [0.3, 0.4) is 0 Å². The fourth-order valence-electron chi connectivity index (χ4n) is 2.03. The van der Waals surface area contributed by atoms with E-state index in [9.17, 15) is 0 Å². The second-order valence-electron chi connectivity index (χ2n) is 3.67. The maximum absolute atomic E-state index is 6.43. The molecule has 2 aliphatic rings. The van der Waals surface area contributed by atoms with E-state index < -0.39 is 0 Å². The van der Waals surface area contributed by atoms with Gasteiger partial charge in [0.25, 0.3) is 0 Å². The SMILES string of the molecule is ClC1(C2OCCO2)CCCCC1. The van der Waals surface area contributed by atoms with Crippen molar-refractivity contribution in [3.05, 3.63) is 0 Å². The number of alkyl halides is 1. The summed E-state index contributed by atoms with van der Waals surface area (Å²) in [5, 5.41) is 0. The minimum absolute atomic E-state index is 0.139. The summed E-state index contributed by atoms with van der Waals surface area (Å²) in [7, 11) is 0. The molecule has 2 rings (SSSR count). The Morgan fingerprint density at radius 1 is 1.00 bits per heavy atom. The van der Waals surface area contributed by atoms with E-state index in [1.54, 1.807) is 0 Å². The van der Waals surface area contributed by atoms with Gasteiger partial charge in [-0.3, -0.25) is 0 Å². The van der Waals surface area contributed by atoms with Gasteiger partial charge in [0.15, 0.2) is 6.29 Å². The molecule has 1 heterocycles. The van der Waals surface area contributed by atoms with Gasteiger partial charge in [-0.25, -0.2) is 0 Å². The molecule has 0 unspecified atom stereocenters. The molecule has 0 atom stereocenters. The van der Waals surface area contributed by atoms with E-state index in [0.717, 1.165) is 12.8 Å². The molecule has 0 aromatic heterocycles. The third-order valence-corrected chi connectivity index (χ3v) is 3.29. The molecule has 0 aromatic carbocycles. The molecule has 0 spiro atoms. The second kappa shape index (κ2) is 3.52. The zero-order valence-corrected chi connectivity index (χ0v) is 7.98. The van der Waals surface area contributed by atoms with Crippen LogP contribution in [-0.2, 0) is 9.47 Å². The van der Waals surface area contributed by atoms with Gasteiger partial charge in [-0.05, 0) is 12.8 Å². The van der Waals surface area contributed by atoms with Gasteiger partial charge < -0.3 is 9.47 Å². The van der Waals surface area contributed by atoms with Crippen LogP contribution >= 0.6 is 11.6 Å². The Balaban J connectivity index is 1.97. The van der Waals surface area contributed by atoms with Crippen LogP contribution in [0.1, 0.15) is 32.1 Å². The topological polar surface area (TPSA) is 18.5 Å². The van der Waals surface area contributed by atoms with E-state index in [4.69, 9.17) is 21.1 Å². The number of rotatable bonds is 1. The highest BCUT2D eigenvalue weighted by molar-refractivity contribution is 6.24. The van der Waals surface area contributed by atoms with Crippen LogP contribution in [0.15, 0.2) is 0 Å². The molecule has 2 fully saturated rings. The van der Waals surface area contributed by atoms with Crippen LogP contribution in [0.25, 0.3) is 0 Å². The Morgan fingerprint density at radius 3 is 2.17 bits per heavy atom. The average Bonchev–Trinajstić information content (AvgIpc) is 2.58. The first-order valence-corrected chi connectivity index (χ1v) is 5.11. The summed E-state index contributed by atoms with van der Waals surface area (Å²) in [5.41, 5.74) is 0. The van der Waals surface area contributed by atoms with Crippen molar-refractivity contribution >= 4 is 11.6 Å². The van der Waals surface area contributed by atoms with Gasteiger partial charge in [0.2, 0.25) is 0 Å². The van der Waals surface area contributed by atoms with E-state index >= 15 is 0 Å². The quantitative estimate of drug-likeness (QED) is 0.591. The summed E-state index contributed by atoms with van der Waals surface area (Å²) in [4.78, 5) is -0.214. The Labute approximate surface area is 78.2 Å². The Kier molecular flexibility index (Phi) is 2.58. The van der Waals surface area contributed by atoms with Gasteiger partial charge in [-0.2, -0.15) is 0 Å². The monoisotopic (exact) mass is 190 g/mol. The van der Waals surface area contributed by atoms with Crippen molar-refractivity contribution in [1.82, 2.24) is 0 Å². The molecule has 1 aliphatic carbocycles. The summed E-state index contributed by atoms with van der Waals surface area (Å²) >= 11 is 6.43. The Hall–Kier alpha value is 0.210. The number of halogens is 1. The Bertz CT molecular complexity index is 149. The molecule has 0 radical (unpaired) electrons. The standard InChI is InChI=1S/C9H15ClO2/c10-9(4-2-1-3-5-9)8-11-6-7-12-8/h8H,1-7H2. The molecule has 0 amide bonds.